The number of nitrogens with one attached hydrogen (secondary N) is 1. The summed E-state index contributed by atoms with van der Waals surface area (Å²) in [4.78, 5) is 2.55. The second kappa shape index (κ2) is 5.74. The number of nitrogens with zero attached hydrogens (tertiary/aromatic N) is 1. The number of thiophene rings is 1. The predicted octanol–water partition coefficient (Wildman–Crippen LogP) is 0.0803. The Kier molecular flexibility index (Phi) is 4.88. The van der Waals surface area contributed by atoms with Crippen molar-refractivity contribution < 1.29 is 13.5 Å². The molecule has 0 fully saturated rings. The highest BCUT2D eigenvalue weighted by Gasteiger charge is 2.15. The number of likely N-dealkylation sites (N-methyl/N-ethyl adjacent to an activating group) is 1. The quantitative estimate of drug-likeness (QED) is 0.763. The van der Waals surface area contributed by atoms with Crippen molar-refractivity contribution in [3.05, 3.63) is 17.0 Å². The molecule has 1 aromatic heterocycles. The average molecular weight is 264 g/mol. The van der Waals surface area contributed by atoms with Crippen molar-refractivity contribution in [2.24, 2.45) is 0 Å². The molecule has 0 aliphatic rings. The van der Waals surface area contributed by atoms with Gasteiger partial charge in [-0.25, -0.2) is 13.1 Å². The van der Waals surface area contributed by atoms with E-state index in [-0.39, 0.29) is 10.8 Å². The lowest BCUT2D eigenvalue weighted by Gasteiger charge is -2.09. The van der Waals surface area contributed by atoms with E-state index in [0.717, 1.165) is 11.3 Å². The van der Waals surface area contributed by atoms with Gasteiger partial charge in [-0.1, -0.05) is 0 Å². The Morgan fingerprint density at radius 2 is 2.12 bits per heavy atom. The molecule has 0 bridgehead atoms. The molecular weight excluding hydrogens is 248 g/mol. The molecule has 5 nitrogen and oxygen atoms in total. The van der Waals surface area contributed by atoms with Crippen molar-refractivity contribution >= 4 is 21.4 Å². The number of sulfonamides is 1. The van der Waals surface area contributed by atoms with Gasteiger partial charge in [-0.05, 0) is 26.2 Å². The Bertz CT molecular complexity index is 426. The Morgan fingerprint density at radius 1 is 1.44 bits per heavy atom. The molecule has 1 rings (SSSR count). The fourth-order valence-corrected chi connectivity index (χ4v) is 3.34. The van der Waals surface area contributed by atoms with Gasteiger partial charge in [0.25, 0.3) is 0 Å². The molecule has 1 heterocycles. The van der Waals surface area contributed by atoms with E-state index in [1.807, 2.05) is 19.0 Å². The molecule has 0 radical (unpaired) electrons. The zero-order valence-electron chi connectivity index (χ0n) is 9.30. The van der Waals surface area contributed by atoms with Crippen LogP contribution in [0.4, 0.5) is 0 Å². The molecule has 0 aliphatic heterocycles. The standard InChI is InChI=1S/C9H16N2O3S2/c1-11(2)6-5-10-16(13,14)9-4-3-8(7-12)15-9/h3-4,10,12H,5-7H2,1-2H3. The van der Waals surface area contributed by atoms with Crippen molar-refractivity contribution in [2.75, 3.05) is 27.2 Å². The topological polar surface area (TPSA) is 69.6 Å². The van der Waals surface area contributed by atoms with E-state index in [0.29, 0.717) is 18.0 Å². The summed E-state index contributed by atoms with van der Waals surface area (Å²) < 4.78 is 26.2. The highest BCUT2D eigenvalue weighted by atomic mass is 32.2. The molecule has 0 aliphatic carbocycles. The van der Waals surface area contributed by atoms with Crippen molar-refractivity contribution in [3.8, 4) is 0 Å². The van der Waals surface area contributed by atoms with Crippen LogP contribution >= 0.6 is 11.3 Å². The summed E-state index contributed by atoms with van der Waals surface area (Å²) in [5.41, 5.74) is 0. The van der Waals surface area contributed by atoms with Crippen LogP contribution in [0.2, 0.25) is 0 Å². The third-order valence-corrected chi connectivity index (χ3v) is 4.93. The zero-order chi connectivity index (χ0) is 12.2. The molecule has 92 valence electrons. The first kappa shape index (κ1) is 13.6. The van der Waals surface area contributed by atoms with Crippen molar-refractivity contribution in [1.82, 2.24) is 9.62 Å². The Morgan fingerprint density at radius 3 is 2.62 bits per heavy atom. The summed E-state index contributed by atoms with van der Waals surface area (Å²) in [5, 5.41) is 8.85. The Labute approximate surface area is 99.8 Å². The van der Waals surface area contributed by atoms with Crippen LogP contribution in [0.5, 0.6) is 0 Å². The van der Waals surface area contributed by atoms with Crippen LogP contribution in [-0.4, -0.2) is 45.6 Å². The first-order chi connectivity index (χ1) is 7.45. The summed E-state index contributed by atoms with van der Waals surface area (Å²) in [6, 6.07) is 3.12. The molecule has 0 aromatic carbocycles. The third-order valence-electron chi connectivity index (χ3n) is 1.91. The van der Waals surface area contributed by atoms with Gasteiger partial charge in [0.1, 0.15) is 4.21 Å². The van der Waals surface area contributed by atoms with Gasteiger partial charge in [0, 0.05) is 18.0 Å². The molecular formula is C9H16N2O3S2. The van der Waals surface area contributed by atoms with Crippen molar-refractivity contribution in [2.45, 2.75) is 10.8 Å². The van der Waals surface area contributed by atoms with Crippen LogP contribution in [0.1, 0.15) is 4.88 Å². The van der Waals surface area contributed by atoms with E-state index in [1.165, 1.54) is 6.07 Å². The summed E-state index contributed by atoms with van der Waals surface area (Å²) in [6.07, 6.45) is 0. The van der Waals surface area contributed by atoms with Crippen molar-refractivity contribution in [3.63, 3.8) is 0 Å². The zero-order valence-corrected chi connectivity index (χ0v) is 10.9. The van der Waals surface area contributed by atoms with Crippen LogP contribution < -0.4 is 4.72 Å². The smallest absolute Gasteiger partial charge is 0.250 e. The average Bonchev–Trinajstić information content (AvgIpc) is 2.65. The minimum atomic E-state index is -3.41. The van der Waals surface area contributed by atoms with E-state index in [1.54, 1.807) is 6.07 Å². The second-order valence-corrected chi connectivity index (χ2v) is 6.74. The van der Waals surface area contributed by atoms with Crippen LogP contribution in [0.3, 0.4) is 0 Å². The normalized spacial score (nSPS) is 12.2. The first-order valence-electron chi connectivity index (χ1n) is 4.79. The fourth-order valence-electron chi connectivity index (χ4n) is 1.06. The largest absolute Gasteiger partial charge is 0.391 e. The molecule has 0 saturated carbocycles. The van der Waals surface area contributed by atoms with Gasteiger partial charge in [0.2, 0.25) is 10.0 Å². The van der Waals surface area contributed by atoms with Gasteiger partial charge in [-0.3, -0.25) is 0 Å². The highest BCUT2D eigenvalue weighted by Crippen LogP contribution is 2.20. The lowest BCUT2D eigenvalue weighted by molar-refractivity contribution is 0.285. The van der Waals surface area contributed by atoms with E-state index >= 15 is 0 Å². The molecule has 1 aromatic rings. The van der Waals surface area contributed by atoms with Crippen LogP contribution in [0.15, 0.2) is 16.3 Å². The highest BCUT2D eigenvalue weighted by molar-refractivity contribution is 7.91. The maximum absolute atomic E-state index is 11.7. The fraction of sp³-hybridized carbons (Fsp3) is 0.556. The van der Waals surface area contributed by atoms with Crippen molar-refractivity contribution in [1.29, 1.82) is 0 Å². The lowest BCUT2D eigenvalue weighted by Crippen LogP contribution is -2.30. The molecule has 0 saturated heterocycles. The van der Waals surface area contributed by atoms with Gasteiger partial charge in [-0.15, -0.1) is 11.3 Å². The Balaban J connectivity index is 2.63. The number of rotatable bonds is 6. The minimum Gasteiger partial charge on any atom is -0.391 e. The van der Waals surface area contributed by atoms with E-state index in [4.69, 9.17) is 5.11 Å². The summed E-state index contributed by atoms with van der Waals surface area (Å²) in [5.74, 6) is 0. The molecule has 0 amide bonds. The third kappa shape index (κ3) is 3.84. The van der Waals surface area contributed by atoms with Gasteiger partial charge < -0.3 is 10.0 Å². The molecule has 2 N–H and O–H groups in total. The van der Waals surface area contributed by atoms with Gasteiger partial charge in [0.15, 0.2) is 0 Å². The summed E-state index contributed by atoms with van der Waals surface area (Å²) >= 11 is 1.08. The summed E-state index contributed by atoms with van der Waals surface area (Å²) in [7, 11) is 0.342. The Hall–Kier alpha value is -0.470. The van der Waals surface area contributed by atoms with Gasteiger partial charge in [0.05, 0.1) is 6.61 Å². The van der Waals surface area contributed by atoms with Crippen LogP contribution in [0, 0.1) is 0 Å². The number of hydrogen-bond donors (Lipinski definition) is 2. The SMILES string of the molecule is CN(C)CCNS(=O)(=O)c1ccc(CO)s1. The molecule has 0 spiro atoms. The van der Waals surface area contributed by atoms with Gasteiger partial charge >= 0.3 is 0 Å². The molecule has 0 atom stereocenters. The number of aliphatic hydroxyl groups is 1. The van der Waals surface area contributed by atoms with E-state index in [9.17, 15) is 8.42 Å². The maximum Gasteiger partial charge on any atom is 0.250 e. The molecule has 16 heavy (non-hydrogen) atoms. The lowest BCUT2D eigenvalue weighted by atomic mass is 10.5. The van der Waals surface area contributed by atoms with Gasteiger partial charge in [-0.2, -0.15) is 0 Å². The number of hydrogen-bond acceptors (Lipinski definition) is 5. The maximum atomic E-state index is 11.7. The van der Waals surface area contributed by atoms with E-state index < -0.39 is 10.0 Å². The number of aliphatic hydroxyl groups excluding tert-OH is 1. The second-order valence-electron chi connectivity index (χ2n) is 3.58. The molecule has 7 heteroatoms. The van der Waals surface area contributed by atoms with Crippen LogP contribution in [0.25, 0.3) is 0 Å². The first-order valence-corrected chi connectivity index (χ1v) is 7.09. The van der Waals surface area contributed by atoms with Crippen LogP contribution in [-0.2, 0) is 16.6 Å². The predicted molar refractivity (Wildman–Crippen MR) is 64.0 cm³/mol. The van der Waals surface area contributed by atoms with E-state index in [2.05, 4.69) is 4.72 Å². The summed E-state index contributed by atoms with van der Waals surface area (Å²) in [6.45, 7) is 0.900. The monoisotopic (exact) mass is 264 g/mol. The minimum absolute atomic E-state index is 0.127. The molecule has 0 unspecified atom stereocenters.